The zero-order chi connectivity index (χ0) is 18.6. The van der Waals surface area contributed by atoms with E-state index in [4.69, 9.17) is 9.47 Å². The van der Waals surface area contributed by atoms with Crippen LogP contribution in [0.25, 0.3) is 0 Å². The molecule has 1 atom stereocenters. The van der Waals surface area contributed by atoms with Crippen LogP contribution >= 0.6 is 0 Å². The van der Waals surface area contributed by atoms with E-state index >= 15 is 0 Å². The van der Waals surface area contributed by atoms with Gasteiger partial charge in [-0.1, -0.05) is 26.0 Å². The van der Waals surface area contributed by atoms with Crippen LogP contribution in [0.1, 0.15) is 49.3 Å². The van der Waals surface area contributed by atoms with Crippen molar-refractivity contribution in [2.24, 2.45) is 5.41 Å². The third-order valence-electron chi connectivity index (χ3n) is 5.22. The first-order valence-electron chi connectivity index (χ1n) is 9.14. The fourth-order valence-electron chi connectivity index (χ4n) is 3.38. The molecule has 3 rings (SSSR count). The Labute approximate surface area is 154 Å². The van der Waals surface area contributed by atoms with E-state index in [2.05, 4.69) is 24.0 Å². The molecule has 0 spiro atoms. The van der Waals surface area contributed by atoms with Crippen LogP contribution in [0.2, 0.25) is 0 Å². The predicted octanol–water partition coefficient (Wildman–Crippen LogP) is 3.65. The standard InChI is InChI=1S/C20H27N3O3/c1-4-20(2)10-7-11-23(14-20)19(24)16-12-15(21-22-16)13-26-18-9-6-5-8-17(18)25-3/h5-6,8-9,12H,4,7,10-11,13-14H2,1-3H3,(H,21,22)/t20-/m1/s1. The molecule has 1 aromatic carbocycles. The van der Waals surface area contributed by atoms with E-state index in [1.165, 1.54) is 6.42 Å². The summed E-state index contributed by atoms with van der Waals surface area (Å²) < 4.78 is 11.1. The van der Waals surface area contributed by atoms with Gasteiger partial charge in [0.15, 0.2) is 17.2 Å². The van der Waals surface area contributed by atoms with Crippen LogP contribution in [0.5, 0.6) is 11.5 Å². The average molecular weight is 357 g/mol. The number of hydrogen-bond acceptors (Lipinski definition) is 4. The van der Waals surface area contributed by atoms with Gasteiger partial charge < -0.3 is 14.4 Å². The third-order valence-corrected chi connectivity index (χ3v) is 5.22. The van der Waals surface area contributed by atoms with Crippen LogP contribution in [0.4, 0.5) is 0 Å². The number of rotatable bonds is 6. The zero-order valence-corrected chi connectivity index (χ0v) is 15.7. The number of benzene rings is 1. The number of H-pyrrole nitrogens is 1. The van der Waals surface area contributed by atoms with Gasteiger partial charge in [-0.25, -0.2) is 0 Å². The molecule has 1 N–H and O–H groups in total. The maximum absolute atomic E-state index is 12.8. The normalized spacial score (nSPS) is 20.0. The van der Waals surface area contributed by atoms with Gasteiger partial charge in [-0.05, 0) is 42.9 Å². The molecule has 6 nitrogen and oxygen atoms in total. The van der Waals surface area contributed by atoms with Gasteiger partial charge in [0.1, 0.15) is 6.61 Å². The molecule has 0 unspecified atom stereocenters. The molecule has 140 valence electrons. The highest BCUT2D eigenvalue weighted by Gasteiger charge is 2.32. The lowest BCUT2D eigenvalue weighted by molar-refractivity contribution is 0.0537. The second-order valence-electron chi connectivity index (χ2n) is 7.21. The van der Waals surface area contributed by atoms with Gasteiger partial charge in [-0.15, -0.1) is 0 Å². The first-order chi connectivity index (χ1) is 12.5. The van der Waals surface area contributed by atoms with E-state index in [0.717, 1.165) is 31.6 Å². The number of hydrogen-bond donors (Lipinski definition) is 1. The number of nitrogens with one attached hydrogen (secondary N) is 1. The molecule has 0 radical (unpaired) electrons. The second kappa shape index (κ2) is 7.81. The number of aromatic nitrogens is 2. The minimum absolute atomic E-state index is 0.0100. The summed E-state index contributed by atoms with van der Waals surface area (Å²) in [6.07, 6.45) is 3.30. The Morgan fingerprint density at radius 1 is 1.35 bits per heavy atom. The molecule has 1 amide bonds. The fourth-order valence-corrected chi connectivity index (χ4v) is 3.38. The fraction of sp³-hybridized carbons (Fsp3) is 0.500. The molecule has 1 saturated heterocycles. The van der Waals surface area contributed by atoms with Crippen molar-refractivity contribution < 1.29 is 14.3 Å². The summed E-state index contributed by atoms with van der Waals surface area (Å²) in [7, 11) is 1.61. The summed E-state index contributed by atoms with van der Waals surface area (Å²) in [6, 6.07) is 9.25. The number of nitrogens with zero attached hydrogens (tertiary/aromatic N) is 2. The molecule has 1 aromatic heterocycles. The molecule has 0 aliphatic carbocycles. The van der Waals surface area contributed by atoms with E-state index in [-0.39, 0.29) is 11.3 Å². The van der Waals surface area contributed by atoms with Crippen molar-refractivity contribution in [3.05, 3.63) is 41.7 Å². The van der Waals surface area contributed by atoms with E-state index in [0.29, 0.717) is 23.8 Å². The number of carbonyl (C=O) groups excluding carboxylic acids is 1. The lowest BCUT2D eigenvalue weighted by Crippen LogP contribution is -2.44. The Bertz CT molecular complexity index is 758. The molecule has 0 bridgehead atoms. The first kappa shape index (κ1) is 18.3. The summed E-state index contributed by atoms with van der Waals surface area (Å²) in [5, 5.41) is 7.10. The Balaban J connectivity index is 1.63. The Kier molecular flexibility index (Phi) is 5.49. The predicted molar refractivity (Wildman–Crippen MR) is 99.4 cm³/mol. The van der Waals surface area contributed by atoms with Gasteiger partial charge in [0.2, 0.25) is 0 Å². The smallest absolute Gasteiger partial charge is 0.274 e. The largest absolute Gasteiger partial charge is 0.493 e. The number of likely N-dealkylation sites (tertiary alicyclic amines) is 1. The maximum atomic E-state index is 12.8. The number of piperidine rings is 1. The molecule has 6 heteroatoms. The highest BCUT2D eigenvalue weighted by Crippen LogP contribution is 2.33. The van der Waals surface area contributed by atoms with Gasteiger partial charge in [-0.2, -0.15) is 5.10 Å². The summed E-state index contributed by atoms with van der Waals surface area (Å²) in [5.41, 5.74) is 1.42. The van der Waals surface area contributed by atoms with Crippen molar-refractivity contribution in [1.82, 2.24) is 15.1 Å². The third kappa shape index (κ3) is 4.00. The number of para-hydroxylation sites is 2. The Morgan fingerprint density at radius 2 is 2.12 bits per heavy atom. The quantitative estimate of drug-likeness (QED) is 0.857. The summed E-state index contributed by atoms with van der Waals surface area (Å²) in [4.78, 5) is 14.7. The van der Waals surface area contributed by atoms with Gasteiger partial charge in [-0.3, -0.25) is 9.89 Å². The molecule has 26 heavy (non-hydrogen) atoms. The molecular formula is C20H27N3O3. The molecule has 2 aromatic rings. The number of aromatic amines is 1. The van der Waals surface area contributed by atoms with Crippen molar-refractivity contribution in [2.45, 2.75) is 39.7 Å². The van der Waals surface area contributed by atoms with E-state index in [1.807, 2.05) is 29.2 Å². The second-order valence-corrected chi connectivity index (χ2v) is 7.21. The van der Waals surface area contributed by atoms with Crippen LogP contribution in [0, 0.1) is 5.41 Å². The summed E-state index contributed by atoms with van der Waals surface area (Å²) in [5.74, 6) is 1.33. The Morgan fingerprint density at radius 3 is 2.85 bits per heavy atom. The molecule has 2 heterocycles. The van der Waals surface area contributed by atoms with Gasteiger partial charge in [0.25, 0.3) is 5.91 Å². The minimum atomic E-state index is -0.0100. The molecule has 1 aliphatic rings. The van der Waals surface area contributed by atoms with Crippen molar-refractivity contribution in [1.29, 1.82) is 0 Å². The highest BCUT2D eigenvalue weighted by molar-refractivity contribution is 5.92. The average Bonchev–Trinajstić information content (AvgIpc) is 3.15. The van der Waals surface area contributed by atoms with Crippen molar-refractivity contribution in [3.63, 3.8) is 0 Å². The topological polar surface area (TPSA) is 67.5 Å². The first-order valence-corrected chi connectivity index (χ1v) is 9.14. The lowest BCUT2D eigenvalue weighted by Gasteiger charge is -2.39. The van der Waals surface area contributed by atoms with Crippen molar-refractivity contribution >= 4 is 5.91 Å². The zero-order valence-electron chi connectivity index (χ0n) is 15.7. The van der Waals surface area contributed by atoms with Gasteiger partial charge in [0, 0.05) is 13.1 Å². The summed E-state index contributed by atoms with van der Waals surface area (Å²) in [6.45, 7) is 6.34. The Hall–Kier alpha value is -2.50. The van der Waals surface area contributed by atoms with Crippen LogP contribution in [-0.2, 0) is 6.61 Å². The molecular weight excluding hydrogens is 330 g/mol. The number of ether oxygens (including phenoxy) is 2. The monoisotopic (exact) mass is 357 g/mol. The lowest BCUT2D eigenvalue weighted by atomic mass is 9.79. The SMILES string of the molecule is CC[C@]1(C)CCCN(C(=O)c2cc(COc3ccccc3OC)[nH]n2)C1. The highest BCUT2D eigenvalue weighted by atomic mass is 16.5. The maximum Gasteiger partial charge on any atom is 0.274 e. The van der Waals surface area contributed by atoms with Crippen molar-refractivity contribution in [2.75, 3.05) is 20.2 Å². The van der Waals surface area contributed by atoms with E-state index in [9.17, 15) is 4.79 Å². The van der Waals surface area contributed by atoms with Crippen LogP contribution in [-0.4, -0.2) is 41.2 Å². The summed E-state index contributed by atoms with van der Waals surface area (Å²) >= 11 is 0. The minimum Gasteiger partial charge on any atom is -0.493 e. The van der Waals surface area contributed by atoms with Crippen molar-refractivity contribution in [3.8, 4) is 11.5 Å². The van der Waals surface area contributed by atoms with Crippen LogP contribution in [0.3, 0.4) is 0 Å². The number of amides is 1. The van der Waals surface area contributed by atoms with Crippen LogP contribution < -0.4 is 9.47 Å². The van der Waals surface area contributed by atoms with Gasteiger partial charge in [0.05, 0.1) is 12.8 Å². The van der Waals surface area contributed by atoms with Gasteiger partial charge >= 0.3 is 0 Å². The van der Waals surface area contributed by atoms with E-state index in [1.54, 1.807) is 13.2 Å². The number of methoxy groups -OCH3 is 1. The van der Waals surface area contributed by atoms with Crippen LogP contribution in [0.15, 0.2) is 30.3 Å². The molecule has 1 fully saturated rings. The van der Waals surface area contributed by atoms with E-state index < -0.39 is 0 Å². The molecule has 1 aliphatic heterocycles. The molecule has 0 saturated carbocycles. The number of carbonyl (C=O) groups is 1.